The molecule has 9 heteroatoms. The lowest BCUT2D eigenvalue weighted by Crippen LogP contribution is -2.53. The van der Waals surface area contributed by atoms with Gasteiger partial charge in [-0.2, -0.15) is 4.31 Å². The number of piperazine rings is 1. The number of sulfonamides is 1. The molecule has 0 N–H and O–H groups in total. The summed E-state index contributed by atoms with van der Waals surface area (Å²) in [6.45, 7) is 7.25. The molecule has 3 aliphatic heterocycles. The van der Waals surface area contributed by atoms with Crippen LogP contribution in [0.15, 0.2) is 47.4 Å². The Balaban J connectivity index is 1.27. The van der Waals surface area contributed by atoms with Crippen molar-refractivity contribution in [2.75, 3.05) is 63.9 Å². The van der Waals surface area contributed by atoms with Crippen LogP contribution < -0.4 is 4.90 Å². The number of anilines is 1. The van der Waals surface area contributed by atoms with Crippen molar-refractivity contribution in [2.45, 2.75) is 17.6 Å². The van der Waals surface area contributed by atoms with Crippen LogP contribution in [-0.4, -0.2) is 76.6 Å². The molecular weight excluding hydrogens is 433 g/mol. The third-order valence-electron chi connectivity index (χ3n) is 6.60. The van der Waals surface area contributed by atoms with Crippen molar-refractivity contribution in [2.24, 2.45) is 0 Å². The summed E-state index contributed by atoms with van der Waals surface area (Å²) >= 11 is 0. The van der Waals surface area contributed by atoms with Crippen molar-refractivity contribution in [1.29, 1.82) is 0 Å². The molecule has 2 aromatic rings. The second-order valence-electron chi connectivity index (χ2n) is 8.54. The Morgan fingerprint density at radius 2 is 1.66 bits per heavy atom. The molecule has 0 amide bonds. The summed E-state index contributed by atoms with van der Waals surface area (Å²) in [5.74, 6) is -1.26. The zero-order chi connectivity index (χ0) is 22.3. The highest BCUT2D eigenvalue weighted by molar-refractivity contribution is 7.89. The SMILES string of the molecule is Cc1cccc2c1C1(CN(CCN3CCN(c4ccc(F)cc4)CC3)S2(=O)=O)OCCO1. The van der Waals surface area contributed by atoms with Gasteiger partial charge in [0.15, 0.2) is 0 Å². The highest BCUT2D eigenvalue weighted by atomic mass is 32.2. The maximum atomic E-state index is 13.4. The summed E-state index contributed by atoms with van der Waals surface area (Å²) in [6, 6.07) is 11.9. The third kappa shape index (κ3) is 3.82. The molecule has 0 aliphatic carbocycles. The normalized spacial score (nSPS) is 22.9. The first-order chi connectivity index (χ1) is 15.4. The van der Waals surface area contributed by atoms with Gasteiger partial charge in [0.1, 0.15) is 5.82 Å². The Morgan fingerprint density at radius 3 is 2.34 bits per heavy atom. The monoisotopic (exact) mass is 461 g/mol. The van der Waals surface area contributed by atoms with E-state index in [1.165, 1.54) is 16.4 Å². The quantitative estimate of drug-likeness (QED) is 0.696. The second-order valence-corrected chi connectivity index (χ2v) is 10.4. The van der Waals surface area contributed by atoms with Crippen molar-refractivity contribution in [3.05, 3.63) is 59.4 Å². The van der Waals surface area contributed by atoms with E-state index in [0.717, 1.165) is 37.4 Å². The van der Waals surface area contributed by atoms with Crippen LogP contribution in [-0.2, 0) is 25.3 Å². The highest BCUT2D eigenvalue weighted by Gasteiger charge is 2.51. The van der Waals surface area contributed by atoms with Gasteiger partial charge in [0, 0.05) is 50.5 Å². The number of rotatable bonds is 4. The fraction of sp³-hybridized carbons (Fsp3) is 0.478. The van der Waals surface area contributed by atoms with Crippen molar-refractivity contribution in [1.82, 2.24) is 9.21 Å². The Hall–Kier alpha value is -2.04. The zero-order valence-electron chi connectivity index (χ0n) is 18.2. The Labute approximate surface area is 188 Å². The summed E-state index contributed by atoms with van der Waals surface area (Å²) < 4.78 is 53.5. The molecule has 3 aliphatic rings. The van der Waals surface area contributed by atoms with Gasteiger partial charge in [0.25, 0.3) is 0 Å². The minimum atomic E-state index is -3.63. The third-order valence-corrected chi connectivity index (χ3v) is 8.49. The first kappa shape index (κ1) is 21.8. The van der Waals surface area contributed by atoms with Gasteiger partial charge in [0.05, 0.1) is 24.7 Å². The Bertz CT molecular complexity index is 1080. The Kier molecular flexibility index (Phi) is 5.71. The maximum Gasteiger partial charge on any atom is 0.243 e. The lowest BCUT2D eigenvalue weighted by atomic mass is 9.99. The van der Waals surface area contributed by atoms with Crippen LogP contribution >= 0.6 is 0 Å². The maximum absolute atomic E-state index is 13.4. The van der Waals surface area contributed by atoms with Gasteiger partial charge in [-0.3, -0.25) is 4.90 Å². The van der Waals surface area contributed by atoms with E-state index in [1.807, 2.05) is 13.0 Å². The first-order valence-corrected chi connectivity index (χ1v) is 12.4. The summed E-state index contributed by atoms with van der Waals surface area (Å²) in [4.78, 5) is 4.78. The molecule has 172 valence electrons. The fourth-order valence-electron chi connectivity index (χ4n) is 4.90. The van der Waals surface area contributed by atoms with E-state index < -0.39 is 15.8 Å². The predicted octanol–water partition coefficient (Wildman–Crippen LogP) is 2.16. The van der Waals surface area contributed by atoms with Crippen LogP contribution in [0.3, 0.4) is 0 Å². The lowest BCUT2D eigenvalue weighted by molar-refractivity contribution is -0.176. The number of fused-ring (bicyclic) bond motifs is 2. The van der Waals surface area contributed by atoms with E-state index in [9.17, 15) is 12.8 Å². The van der Waals surface area contributed by atoms with Crippen molar-refractivity contribution < 1.29 is 22.3 Å². The fourth-order valence-corrected chi connectivity index (χ4v) is 6.67. The van der Waals surface area contributed by atoms with E-state index in [1.54, 1.807) is 24.3 Å². The summed E-state index contributed by atoms with van der Waals surface area (Å²) in [5.41, 5.74) is 2.51. The lowest BCUT2D eigenvalue weighted by Gasteiger charge is -2.41. The number of aryl methyl sites for hydroxylation is 1. The molecule has 0 unspecified atom stereocenters. The molecule has 0 aromatic heterocycles. The van der Waals surface area contributed by atoms with E-state index in [2.05, 4.69) is 9.80 Å². The molecule has 1 spiro atoms. The molecular formula is C23H28FN3O4S. The van der Waals surface area contributed by atoms with Crippen LogP contribution in [0.5, 0.6) is 0 Å². The van der Waals surface area contributed by atoms with Gasteiger partial charge in [0.2, 0.25) is 15.8 Å². The largest absolute Gasteiger partial charge is 0.369 e. The molecule has 2 fully saturated rings. The van der Waals surface area contributed by atoms with Gasteiger partial charge in [-0.15, -0.1) is 0 Å². The van der Waals surface area contributed by atoms with Gasteiger partial charge in [-0.1, -0.05) is 12.1 Å². The van der Waals surface area contributed by atoms with Crippen molar-refractivity contribution in [3.8, 4) is 0 Å². The van der Waals surface area contributed by atoms with Crippen LogP contribution in [0.2, 0.25) is 0 Å². The summed E-state index contributed by atoms with van der Waals surface area (Å²) in [5, 5.41) is 0. The van der Waals surface area contributed by atoms with Crippen molar-refractivity contribution >= 4 is 15.7 Å². The molecule has 2 aromatic carbocycles. The number of ether oxygens (including phenoxy) is 2. The Morgan fingerprint density at radius 1 is 0.969 bits per heavy atom. The molecule has 32 heavy (non-hydrogen) atoms. The molecule has 0 saturated carbocycles. The van der Waals surface area contributed by atoms with E-state index in [0.29, 0.717) is 31.9 Å². The van der Waals surface area contributed by atoms with Crippen LogP contribution in [0, 0.1) is 12.7 Å². The van der Waals surface area contributed by atoms with Gasteiger partial charge in [-0.25, -0.2) is 12.8 Å². The first-order valence-electron chi connectivity index (χ1n) is 11.0. The van der Waals surface area contributed by atoms with E-state index in [4.69, 9.17) is 9.47 Å². The van der Waals surface area contributed by atoms with Crippen LogP contribution in [0.1, 0.15) is 11.1 Å². The standard InChI is InChI=1S/C23H28FN3O4S/c1-18-3-2-4-21-22(18)23(30-15-16-31-23)17-27(32(21,28)29)14-11-25-9-12-26(13-10-25)20-7-5-19(24)6-8-20/h2-8H,9-17H2,1H3. The van der Waals surface area contributed by atoms with Gasteiger partial charge in [-0.05, 0) is 42.8 Å². The minimum Gasteiger partial charge on any atom is -0.369 e. The molecule has 3 heterocycles. The average molecular weight is 462 g/mol. The number of benzene rings is 2. The van der Waals surface area contributed by atoms with Gasteiger partial charge < -0.3 is 14.4 Å². The highest BCUT2D eigenvalue weighted by Crippen LogP contribution is 2.43. The van der Waals surface area contributed by atoms with E-state index >= 15 is 0 Å². The topological polar surface area (TPSA) is 62.3 Å². The molecule has 0 bridgehead atoms. The molecule has 0 radical (unpaired) electrons. The number of hydrogen-bond donors (Lipinski definition) is 0. The summed E-state index contributed by atoms with van der Waals surface area (Å²) in [7, 11) is -3.63. The van der Waals surface area contributed by atoms with Crippen LogP contribution in [0.25, 0.3) is 0 Å². The molecule has 2 saturated heterocycles. The van der Waals surface area contributed by atoms with Gasteiger partial charge >= 0.3 is 0 Å². The molecule has 0 atom stereocenters. The smallest absolute Gasteiger partial charge is 0.243 e. The number of halogens is 1. The zero-order valence-corrected chi connectivity index (χ0v) is 19.0. The second kappa shape index (κ2) is 8.39. The predicted molar refractivity (Wildman–Crippen MR) is 119 cm³/mol. The molecule has 5 rings (SSSR count). The summed E-state index contributed by atoms with van der Waals surface area (Å²) in [6.07, 6.45) is 0. The number of hydrogen-bond acceptors (Lipinski definition) is 6. The number of nitrogens with zero attached hydrogens (tertiary/aromatic N) is 3. The average Bonchev–Trinajstić information content (AvgIpc) is 3.25. The van der Waals surface area contributed by atoms with Crippen LogP contribution in [0.4, 0.5) is 10.1 Å². The minimum absolute atomic E-state index is 0.169. The molecule has 7 nitrogen and oxygen atoms in total. The van der Waals surface area contributed by atoms with Crippen molar-refractivity contribution in [3.63, 3.8) is 0 Å². The van der Waals surface area contributed by atoms with E-state index in [-0.39, 0.29) is 17.3 Å².